The number of hydrogen-bond donors (Lipinski definition) is 0. The first-order chi connectivity index (χ1) is 72.9. The minimum Gasteiger partial charge on any atom is -0.310 e. The van der Waals surface area contributed by atoms with E-state index in [2.05, 4.69) is 599 Å². The van der Waals surface area contributed by atoms with E-state index in [1.54, 1.807) is 0 Å². The van der Waals surface area contributed by atoms with Crippen LogP contribution in [0.1, 0.15) is 0 Å². The predicted molar refractivity (Wildman–Crippen MR) is 629 cm³/mol. The minimum absolute atomic E-state index is 1.10. The van der Waals surface area contributed by atoms with E-state index in [-0.39, 0.29) is 0 Å². The Bertz CT molecular complexity index is 10000. The molecule has 147 heavy (non-hydrogen) atoms. The van der Waals surface area contributed by atoms with E-state index in [0.717, 1.165) is 68.2 Å². The van der Waals surface area contributed by atoms with Crippen LogP contribution in [0.4, 0.5) is 51.2 Å². The van der Waals surface area contributed by atoms with Gasteiger partial charge in [-0.15, -0.1) is 11.3 Å². The molecule has 7 heteroatoms. The van der Waals surface area contributed by atoms with Gasteiger partial charge < -0.3 is 28.4 Å². The van der Waals surface area contributed by atoms with Crippen LogP contribution in [-0.4, -0.2) is 13.7 Å². The van der Waals surface area contributed by atoms with Gasteiger partial charge >= 0.3 is 0 Å². The zero-order valence-corrected chi connectivity index (χ0v) is 81.2. The first-order valence-corrected chi connectivity index (χ1v) is 51.1. The number of benzene rings is 25. The van der Waals surface area contributed by atoms with Gasteiger partial charge in [0.25, 0.3) is 0 Å². The van der Waals surface area contributed by atoms with Crippen molar-refractivity contribution >= 4 is 202 Å². The Morgan fingerprint density at radius 3 is 1.12 bits per heavy atom. The zero-order valence-electron chi connectivity index (χ0n) is 80.4. The van der Waals surface area contributed by atoms with E-state index in [1.807, 2.05) is 11.3 Å². The number of aromatic nitrogens is 3. The molecule has 6 nitrogen and oxygen atoms in total. The topological polar surface area (TPSA) is 24.5 Å². The van der Waals surface area contributed by atoms with Crippen LogP contribution in [0, 0.1) is 0 Å². The molecule has 0 bridgehead atoms. The van der Waals surface area contributed by atoms with Gasteiger partial charge in [0.15, 0.2) is 0 Å². The van der Waals surface area contributed by atoms with Crippen molar-refractivity contribution in [2.24, 2.45) is 0 Å². The third kappa shape index (κ3) is 15.8. The maximum Gasteiger partial charge on any atom is 0.0621 e. The Kier molecular flexibility index (Phi) is 22.1. The summed E-state index contributed by atoms with van der Waals surface area (Å²) in [4.78, 5) is 7.23. The average Bonchev–Trinajstić information content (AvgIpc) is 1.56. The van der Waals surface area contributed by atoms with Crippen molar-refractivity contribution in [2.45, 2.75) is 0 Å². The molecule has 0 saturated carbocycles. The lowest BCUT2D eigenvalue weighted by Gasteiger charge is -2.29. The maximum absolute atomic E-state index is 2.46. The molecule has 690 valence electrons. The molecule has 29 aromatic rings. The average molecular weight is 1890 g/mol. The first-order valence-electron chi connectivity index (χ1n) is 50.3. The second-order valence-electron chi connectivity index (χ2n) is 37.8. The molecule has 0 amide bonds. The molecule has 4 heterocycles. The van der Waals surface area contributed by atoms with Crippen LogP contribution in [0.5, 0.6) is 0 Å². The van der Waals surface area contributed by atoms with Crippen LogP contribution in [0.25, 0.3) is 201 Å². The molecule has 0 N–H and O–H groups in total. The summed E-state index contributed by atoms with van der Waals surface area (Å²) in [7, 11) is 0. The van der Waals surface area contributed by atoms with E-state index in [1.165, 1.54) is 184 Å². The number of fused-ring (bicyclic) bond motifs is 20. The lowest BCUT2D eigenvalue weighted by Crippen LogP contribution is -2.12. The van der Waals surface area contributed by atoms with Crippen LogP contribution in [-0.2, 0) is 0 Å². The van der Waals surface area contributed by atoms with Gasteiger partial charge in [-0.1, -0.05) is 419 Å². The van der Waals surface area contributed by atoms with Gasteiger partial charge in [-0.2, -0.15) is 0 Å². The molecule has 0 aliphatic rings. The molecule has 0 atom stereocenters. The fraction of sp³-hybridized carbons (Fsp3) is 0. The lowest BCUT2D eigenvalue weighted by molar-refractivity contribution is 1.18. The summed E-state index contributed by atoms with van der Waals surface area (Å²) >= 11 is 1.86. The number of anilines is 9. The van der Waals surface area contributed by atoms with Gasteiger partial charge in [-0.05, 0) is 223 Å². The quantitative estimate of drug-likeness (QED) is 0.0964. The second-order valence-corrected chi connectivity index (χ2v) is 38.9. The van der Waals surface area contributed by atoms with Crippen molar-refractivity contribution < 1.29 is 0 Å². The maximum atomic E-state index is 2.46. The molecule has 0 aliphatic heterocycles. The SMILES string of the molecule is c1ccc(-c2ccc(-n3c4ccc(N(c5ccc6ccccc6c5)c5ccc6c(c5)sc5ccccc56)cc4c4ccc5ccccc5c43)cc2)cc1.c1ccc(-c2ccc(N(c3ccccc3)c3ccc4c5ccc6ccccc6c5n(-c5ccccc5)c4c3)cc2)cc1.c1ccc(-c2ccc(N(c3ccccc3-c3ccccc3)c3cc4c5ccccc5n(-c5ccc6ccccc6c5)c4c4ccccc34)cc2)cc1. The second kappa shape index (κ2) is 37.4. The number of thiophene rings is 1. The summed E-state index contributed by atoms with van der Waals surface area (Å²) in [6.45, 7) is 0. The Morgan fingerprint density at radius 2 is 0.490 bits per heavy atom. The highest BCUT2D eigenvalue weighted by atomic mass is 32.1. The molecule has 0 radical (unpaired) electrons. The number of nitrogens with zero attached hydrogens (tertiary/aromatic N) is 6. The van der Waals surface area contributed by atoms with Gasteiger partial charge in [0.1, 0.15) is 0 Å². The van der Waals surface area contributed by atoms with E-state index < -0.39 is 0 Å². The Hall–Kier alpha value is -19.2. The molecule has 0 spiro atoms. The Labute approximate surface area is 855 Å². The summed E-state index contributed by atoms with van der Waals surface area (Å²) < 4.78 is 9.95. The smallest absolute Gasteiger partial charge is 0.0621 e. The Morgan fingerprint density at radius 1 is 0.143 bits per heavy atom. The standard InChI is InChI=1S/C50H32N2S.C50H34N2.C40H28N2/c1-2-10-33(11-3-1)35-18-22-38(23-19-35)52-47-29-26-40(31-46(47)45-27-21-36-13-6-7-15-42(36)50(45)52)51(39-24-20-34-12-4-5-14-37(34)30-39)41-25-28-44-43-16-8-9-17-48(43)53-49(44)32-41;1-3-15-35(16-4-1)37-27-30-40(31-28-37)51(47-25-13-11-21-42(47)38-18-5-2-6-19-38)49-34-46-44-23-12-14-26-48(44)52(50(46)45-24-10-9-22-43(45)49)41-32-29-36-17-7-8-20-39(36)33-41;1-4-12-29(13-5-1)30-20-23-34(24-21-30)41(32-15-6-2-7-16-32)35-25-27-37-38-26-22-31-14-10-11-19-36(31)40(38)42(39(37)28-35)33-17-8-3-9-18-33/h1-32H;1-34H;1-28H. The van der Waals surface area contributed by atoms with Gasteiger partial charge in [-0.25, -0.2) is 0 Å². The summed E-state index contributed by atoms with van der Waals surface area (Å²) in [6.07, 6.45) is 0. The van der Waals surface area contributed by atoms with Crippen molar-refractivity contribution in [1.29, 1.82) is 0 Å². The molecule has 25 aromatic carbocycles. The molecule has 0 saturated heterocycles. The largest absolute Gasteiger partial charge is 0.310 e. The van der Waals surface area contributed by atoms with Gasteiger partial charge in [-0.3, -0.25) is 0 Å². The third-order valence-corrected chi connectivity index (χ3v) is 30.4. The van der Waals surface area contributed by atoms with Crippen LogP contribution >= 0.6 is 11.3 Å². The van der Waals surface area contributed by atoms with E-state index in [4.69, 9.17) is 0 Å². The van der Waals surface area contributed by atoms with Crippen LogP contribution in [0.2, 0.25) is 0 Å². The summed E-state index contributed by atoms with van der Waals surface area (Å²) in [5, 5.41) is 22.4. The minimum atomic E-state index is 1.10. The van der Waals surface area contributed by atoms with Crippen molar-refractivity contribution in [2.75, 3.05) is 14.7 Å². The van der Waals surface area contributed by atoms with Crippen molar-refractivity contribution in [3.05, 3.63) is 570 Å². The molecule has 4 aromatic heterocycles. The van der Waals surface area contributed by atoms with Gasteiger partial charge in [0.05, 0.1) is 44.5 Å². The highest BCUT2D eigenvalue weighted by Gasteiger charge is 2.28. The number of hydrogen-bond acceptors (Lipinski definition) is 4. The molecule has 0 unspecified atom stereocenters. The summed E-state index contributed by atoms with van der Waals surface area (Å²) in [6, 6.07) is 207. The molecule has 0 aliphatic carbocycles. The van der Waals surface area contributed by atoms with Crippen LogP contribution < -0.4 is 14.7 Å². The summed E-state index contributed by atoms with van der Waals surface area (Å²) in [5.74, 6) is 0. The normalized spacial score (nSPS) is 11.5. The molecular formula is C140H94N6S. The highest BCUT2D eigenvalue weighted by Crippen LogP contribution is 2.52. The molecule has 29 rings (SSSR count). The zero-order chi connectivity index (χ0) is 97.2. The number of para-hydroxylation sites is 4. The van der Waals surface area contributed by atoms with Gasteiger partial charge in [0, 0.05) is 136 Å². The Balaban J connectivity index is 0.000000110. The first kappa shape index (κ1) is 86.9. The molecule has 0 fully saturated rings. The van der Waals surface area contributed by atoms with E-state index in [9.17, 15) is 0 Å². The summed E-state index contributed by atoms with van der Waals surface area (Å²) in [5.41, 5.74) is 30.5. The molecular weight excluding hydrogens is 1800 g/mol. The predicted octanol–water partition coefficient (Wildman–Crippen LogP) is 39.6. The van der Waals surface area contributed by atoms with Crippen molar-refractivity contribution in [3.8, 4) is 61.6 Å². The third-order valence-electron chi connectivity index (χ3n) is 29.2. The monoisotopic (exact) mass is 1890 g/mol. The highest BCUT2D eigenvalue weighted by molar-refractivity contribution is 7.25. The van der Waals surface area contributed by atoms with Crippen molar-refractivity contribution in [1.82, 2.24) is 13.7 Å². The lowest BCUT2D eigenvalue weighted by atomic mass is 9.98. The van der Waals surface area contributed by atoms with Crippen molar-refractivity contribution in [3.63, 3.8) is 0 Å². The van der Waals surface area contributed by atoms with E-state index in [0.29, 0.717) is 0 Å². The van der Waals surface area contributed by atoms with Crippen LogP contribution in [0.3, 0.4) is 0 Å². The van der Waals surface area contributed by atoms with Gasteiger partial charge in [0.2, 0.25) is 0 Å². The number of rotatable bonds is 16. The fourth-order valence-electron chi connectivity index (χ4n) is 22.4. The van der Waals surface area contributed by atoms with E-state index >= 15 is 0 Å². The fourth-order valence-corrected chi connectivity index (χ4v) is 23.5. The van der Waals surface area contributed by atoms with Crippen LogP contribution in [0.15, 0.2) is 570 Å².